The standard InChI is InChI=1S/C29H41NO7/c1-28-12-10-18(31)14-17(28)4-5-20-21-6-7-24(29(21,2)13-11-22(20)28)37-26(34)9-8-25(33)30-16-19(32)15-23(30)27(35)36-3/h14,19-24,32H,4-13,15-16H2,1-3H3/t19-,20+,21+,22+,23-,24+,28-,29-/m0/s1. The summed E-state index contributed by atoms with van der Waals surface area (Å²) >= 11 is 0. The zero-order chi connectivity index (χ0) is 26.5. The van der Waals surface area contributed by atoms with Crippen LogP contribution in [0.15, 0.2) is 11.6 Å². The maximum absolute atomic E-state index is 12.8. The van der Waals surface area contributed by atoms with Crippen LogP contribution in [0.3, 0.4) is 0 Å². The van der Waals surface area contributed by atoms with Crippen LogP contribution in [0.2, 0.25) is 0 Å². The quantitative estimate of drug-likeness (QED) is 0.559. The summed E-state index contributed by atoms with van der Waals surface area (Å²) in [5.74, 6) is 0.703. The Kier molecular flexibility index (Phi) is 7.01. The maximum Gasteiger partial charge on any atom is 0.328 e. The van der Waals surface area contributed by atoms with Crippen molar-refractivity contribution in [2.75, 3.05) is 13.7 Å². The first-order valence-corrected chi connectivity index (χ1v) is 14.1. The number of hydrogen-bond donors (Lipinski definition) is 1. The van der Waals surface area contributed by atoms with E-state index in [1.54, 1.807) is 0 Å². The van der Waals surface area contributed by atoms with E-state index in [9.17, 15) is 24.3 Å². The summed E-state index contributed by atoms with van der Waals surface area (Å²) in [5.41, 5.74) is 1.43. The highest BCUT2D eigenvalue weighted by atomic mass is 16.5. The van der Waals surface area contributed by atoms with E-state index in [0.717, 1.165) is 44.9 Å². The molecular weight excluding hydrogens is 474 g/mol. The third-order valence-electron chi connectivity index (χ3n) is 10.8. The number of likely N-dealkylation sites (tertiary alicyclic amines) is 1. The molecule has 4 aliphatic carbocycles. The second-order valence-corrected chi connectivity index (χ2v) is 12.5. The van der Waals surface area contributed by atoms with Crippen molar-refractivity contribution >= 4 is 23.6 Å². The van der Waals surface area contributed by atoms with Gasteiger partial charge in [0.1, 0.15) is 12.1 Å². The molecule has 3 saturated carbocycles. The lowest BCUT2D eigenvalue weighted by molar-refractivity contribution is -0.161. The van der Waals surface area contributed by atoms with Gasteiger partial charge in [-0.05, 0) is 74.2 Å². The summed E-state index contributed by atoms with van der Waals surface area (Å²) in [5, 5.41) is 9.93. The van der Waals surface area contributed by atoms with Gasteiger partial charge in [0.25, 0.3) is 0 Å². The number of methoxy groups -OCH3 is 1. The number of fused-ring (bicyclic) bond motifs is 5. The molecule has 0 aromatic rings. The number of amides is 1. The topological polar surface area (TPSA) is 110 Å². The molecule has 0 aromatic carbocycles. The summed E-state index contributed by atoms with van der Waals surface area (Å²) in [6.07, 6.45) is 8.81. The van der Waals surface area contributed by atoms with Crippen molar-refractivity contribution in [3.63, 3.8) is 0 Å². The molecule has 0 bridgehead atoms. The number of carbonyl (C=O) groups is 4. The van der Waals surface area contributed by atoms with Crippen LogP contribution in [0, 0.1) is 28.6 Å². The lowest BCUT2D eigenvalue weighted by Crippen LogP contribution is -2.51. The fraction of sp³-hybridized carbons (Fsp3) is 0.793. The number of hydrogen-bond acceptors (Lipinski definition) is 7. The number of ether oxygens (including phenoxy) is 2. The summed E-state index contributed by atoms with van der Waals surface area (Å²) < 4.78 is 10.8. The molecule has 0 radical (unpaired) electrons. The van der Waals surface area contributed by atoms with E-state index >= 15 is 0 Å². The largest absolute Gasteiger partial charge is 0.467 e. The van der Waals surface area contributed by atoms with E-state index in [1.165, 1.54) is 17.6 Å². The number of esters is 2. The molecule has 1 heterocycles. The molecule has 8 nitrogen and oxygen atoms in total. The van der Waals surface area contributed by atoms with Gasteiger partial charge in [0.2, 0.25) is 5.91 Å². The molecular formula is C29H41NO7. The zero-order valence-electron chi connectivity index (χ0n) is 22.4. The first-order chi connectivity index (χ1) is 17.6. The summed E-state index contributed by atoms with van der Waals surface area (Å²) in [6, 6.07) is -0.803. The van der Waals surface area contributed by atoms with E-state index < -0.39 is 18.1 Å². The third kappa shape index (κ3) is 4.53. The molecule has 8 heteroatoms. The second kappa shape index (κ2) is 9.83. The molecule has 5 rings (SSSR count). The minimum absolute atomic E-state index is 0.0388. The molecule has 4 fully saturated rings. The van der Waals surface area contributed by atoms with Gasteiger partial charge in [-0.3, -0.25) is 14.4 Å². The number of nitrogens with zero attached hydrogens (tertiary/aromatic N) is 1. The lowest BCUT2D eigenvalue weighted by atomic mass is 9.47. The van der Waals surface area contributed by atoms with E-state index in [0.29, 0.717) is 24.2 Å². The number of rotatable bonds is 5. The monoisotopic (exact) mass is 515 g/mol. The highest BCUT2D eigenvalue weighted by molar-refractivity contribution is 5.91. The third-order valence-corrected chi connectivity index (χ3v) is 10.8. The van der Waals surface area contributed by atoms with Gasteiger partial charge in [-0.25, -0.2) is 4.79 Å². The van der Waals surface area contributed by atoms with Crippen LogP contribution in [0.5, 0.6) is 0 Å². The van der Waals surface area contributed by atoms with Crippen LogP contribution < -0.4 is 0 Å². The number of β-amino-alcohol motifs (C(OH)–C–C–N with tert-alkyl or cyclic N) is 1. The highest BCUT2D eigenvalue weighted by Gasteiger charge is 2.60. The first-order valence-electron chi connectivity index (χ1n) is 14.1. The second-order valence-electron chi connectivity index (χ2n) is 12.5. The molecule has 8 atom stereocenters. The Morgan fingerprint density at radius 2 is 1.84 bits per heavy atom. The van der Waals surface area contributed by atoms with Crippen LogP contribution in [-0.2, 0) is 28.7 Å². The van der Waals surface area contributed by atoms with Crippen LogP contribution in [0.4, 0.5) is 0 Å². The Labute approximate surface area is 219 Å². The van der Waals surface area contributed by atoms with E-state index in [2.05, 4.69) is 13.8 Å². The molecule has 1 aliphatic heterocycles. The average Bonchev–Trinajstić information content (AvgIpc) is 3.42. The Morgan fingerprint density at radius 1 is 1.05 bits per heavy atom. The van der Waals surface area contributed by atoms with Gasteiger partial charge < -0.3 is 19.5 Å². The summed E-state index contributed by atoms with van der Waals surface area (Å²) in [4.78, 5) is 51.0. The van der Waals surface area contributed by atoms with Gasteiger partial charge in [0.05, 0.1) is 19.6 Å². The fourth-order valence-electron chi connectivity index (χ4n) is 8.72. The van der Waals surface area contributed by atoms with Crippen LogP contribution in [0.25, 0.3) is 0 Å². The smallest absolute Gasteiger partial charge is 0.328 e. The fourth-order valence-corrected chi connectivity index (χ4v) is 8.72. The summed E-state index contributed by atoms with van der Waals surface area (Å²) in [7, 11) is 1.26. The minimum Gasteiger partial charge on any atom is -0.467 e. The predicted molar refractivity (Wildman–Crippen MR) is 134 cm³/mol. The van der Waals surface area contributed by atoms with Gasteiger partial charge in [-0.1, -0.05) is 19.4 Å². The van der Waals surface area contributed by atoms with Crippen molar-refractivity contribution in [3.8, 4) is 0 Å². The Bertz CT molecular complexity index is 1010. The number of carbonyl (C=O) groups excluding carboxylic acids is 4. The Hall–Kier alpha value is -2.22. The van der Waals surface area contributed by atoms with Crippen molar-refractivity contribution in [2.24, 2.45) is 28.6 Å². The normalized spacial score (nSPS) is 40.8. The Morgan fingerprint density at radius 3 is 2.59 bits per heavy atom. The van der Waals surface area contributed by atoms with Crippen molar-refractivity contribution in [1.29, 1.82) is 0 Å². The van der Waals surface area contributed by atoms with Crippen molar-refractivity contribution < 1.29 is 33.8 Å². The van der Waals surface area contributed by atoms with Gasteiger partial charge in [0, 0.05) is 31.2 Å². The number of aliphatic hydroxyl groups is 1. The van der Waals surface area contributed by atoms with Crippen LogP contribution >= 0.6 is 0 Å². The highest BCUT2D eigenvalue weighted by Crippen LogP contribution is 2.65. The van der Waals surface area contributed by atoms with Crippen LogP contribution in [-0.4, -0.2) is 65.5 Å². The molecule has 1 saturated heterocycles. The number of ketones is 1. The van der Waals surface area contributed by atoms with Crippen molar-refractivity contribution in [3.05, 3.63) is 11.6 Å². The SMILES string of the molecule is COC(=O)[C@@H]1C[C@H](O)CN1C(=O)CCC(=O)O[C@@H]1CC[C@@H]2[C@H]3CCC4=CC(=O)CC[C@]4(C)[C@@H]3CC[C@@]21C. The summed E-state index contributed by atoms with van der Waals surface area (Å²) in [6.45, 7) is 4.73. The lowest BCUT2D eigenvalue weighted by Gasteiger charge is -2.57. The molecule has 1 amide bonds. The predicted octanol–water partition coefficient (Wildman–Crippen LogP) is 3.35. The first kappa shape index (κ1) is 26.4. The molecule has 5 aliphatic rings. The zero-order valence-corrected chi connectivity index (χ0v) is 22.4. The molecule has 0 spiro atoms. The van der Waals surface area contributed by atoms with Crippen molar-refractivity contribution in [2.45, 2.75) is 103 Å². The van der Waals surface area contributed by atoms with Gasteiger partial charge >= 0.3 is 11.9 Å². The number of allylic oxidation sites excluding steroid dienone is 1. The molecule has 0 unspecified atom stereocenters. The molecule has 37 heavy (non-hydrogen) atoms. The number of aliphatic hydroxyl groups excluding tert-OH is 1. The molecule has 0 aromatic heterocycles. The van der Waals surface area contributed by atoms with Crippen LogP contribution in [0.1, 0.15) is 84.5 Å². The van der Waals surface area contributed by atoms with E-state index in [-0.39, 0.29) is 60.4 Å². The van der Waals surface area contributed by atoms with E-state index in [4.69, 9.17) is 9.47 Å². The average molecular weight is 516 g/mol. The molecule has 204 valence electrons. The van der Waals surface area contributed by atoms with Gasteiger partial charge in [-0.15, -0.1) is 0 Å². The maximum atomic E-state index is 12.8. The Balaban J connectivity index is 1.19. The van der Waals surface area contributed by atoms with Crippen molar-refractivity contribution in [1.82, 2.24) is 4.90 Å². The minimum atomic E-state index is -0.803. The van der Waals surface area contributed by atoms with Gasteiger partial charge in [-0.2, -0.15) is 0 Å². The molecule has 1 N–H and O–H groups in total. The van der Waals surface area contributed by atoms with Gasteiger partial charge in [0.15, 0.2) is 5.78 Å². The van der Waals surface area contributed by atoms with E-state index in [1.807, 2.05) is 6.08 Å².